The highest BCUT2D eigenvalue weighted by Gasteiger charge is 2.46. The van der Waals surface area contributed by atoms with E-state index in [9.17, 15) is 0 Å². The van der Waals surface area contributed by atoms with Crippen LogP contribution in [0.2, 0.25) is 0 Å². The van der Waals surface area contributed by atoms with Crippen LogP contribution in [0.3, 0.4) is 0 Å². The molecule has 1 aliphatic carbocycles. The molecule has 0 amide bonds. The van der Waals surface area contributed by atoms with Crippen molar-refractivity contribution in [2.24, 2.45) is 0 Å². The van der Waals surface area contributed by atoms with E-state index in [1.54, 1.807) is 0 Å². The van der Waals surface area contributed by atoms with Crippen LogP contribution in [0.15, 0.2) is 180 Å². The van der Waals surface area contributed by atoms with Crippen LogP contribution in [-0.4, -0.2) is 11.3 Å². The highest BCUT2D eigenvalue weighted by atomic mass is 16.3. The predicted octanol–water partition coefficient (Wildman–Crippen LogP) is 22.2. The third-order valence-electron chi connectivity index (χ3n) is 20.9. The van der Waals surface area contributed by atoms with E-state index in [0.29, 0.717) is 0 Å². The summed E-state index contributed by atoms with van der Waals surface area (Å²) in [5.41, 5.74) is 28.6. The molecule has 91 heavy (non-hydrogen) atoms. The Morgan fingerprint density at radius 3 is 1.31 bits per heavy atom. The third-order valence-corrected chi connectivity index (χ3v) is 20.9. The van der Waals surface area contributed by atoms with Crippen molar-refractivity contribution in [2.75, 3.05) is 14.7 Å². The largest absolute Gasteiger partial charge is 0.439 e. The Hall–Kier alpha value is -8.22. The summed E-state index contributed by atoms with van der Waals surface area (Å²) in [6.07, 6.45) is 2.25. The fraction of sp³-hybridized carbons (Fsp3) is 0.341. The van der Waals surface area contributed by atoms with Gasteiger partial charge in [-0.15, -0.1) is 0 Å². The number of aromatic nitrogens is 1. The Labute approximate surface area is 543 Å². The number of anilines is 9. The zero-order valence-corrected chi connectivity index (χ0v) is 57.9. The molecule has 0 unspecified atom stereocenters. The zero-order chi connectivity index (χ0) is 64.6. The number of aryl methyl sites for hydroxylation is 1. The van der Waals surface area contributed by atoms with E-state index in [2.05, 4.69) is 334 Å². The molecular formula is C85H93BN4O. The zero-order valence-electron chi connectivity index (χ0n) is 57.9. The first kappa shape index (κ1) is 60.4. The molecule has 2 aromatic heterocycles. The number of fused-ring (bicyclic) bond motifs is 10. The number of hydrogen-bond donors (Lipinski definition) is 0. The summed E-state index contributed by atoms with van der Waals surface area (Å²) in [6, 6.07) is 68.8. The van der Waals surface area contributed by atoms with Gasteiger partial charge < -0.3 is 19.1 Å². The van der Waals surface area contributed by atoms with Crippen molar-refractivity contribution in [1.82, 2.24) is 4.57 Å². The summed E-state index contributed by atoms with van der Waals surface area (Å²) in [7, 11) is 0. The third kappa shape index (κ3) is 9.95. The van der Waals surface area contributed by atoms with Gasteiger partial charge in [0.1, 0.15) is 5.58 Å². The molecular weight excluding hydrogens is 1100 g/mol. The number of nitrogens with zero attached hydrogens (tertiary/aromatic N) is 4. The van der Waals surface area contributed by atoms with Crippen molar-refractivity contribution in [3.63, 3.8) is 0 Å². The molecule has 0 saturated heterocycles. The molecule has 0 saturated carbocycles. The first-order chi connectivity index (χ1) is 42.7. The maximum atomic E-state index is 7.33. The molecule has 2 aliphatic heterocycles. The quantitative estimate of drug-likeness (QED) is 0.149. The van der Waals surface area contributed by atoms with E-state index in [1.807, 2.05) is 0 Å². The summed E-state index contributed by atoms with van der Waals surface area (Å²) in [4.78, 5) is 7.71. The van der Waals surface area contributed by atoms with Gasteiger partial charge in [0.2, 0.25) is 5.71 Å². The van der Waals surface area contributed by atoms with Crippen molar-refractivity contribution in [1.29, 1.82) is 0 Å². The van der Waals surface area contributed by atoms with Crippen LogP contribution < -0.4 is 31.1 Å². The lowest BCUT2D eigenvalue weighted by atomic mass is 9.33. The van der Waals surface area contributed by atoms with Crippen LogP contribution in [0.4, 0.5) is 51.2 Å². The molecule has 0 spiro atoms. The van der Waals surface area contributed by atoms with E-state index in [4.69, 9.17) is 4.42 Å². The first-order valence-corrected chi connectivity index (χ1v) is 33.5. The SMILES string of the molecule is Cc1cc2c(cc1N1c3cc(N(c4ccc(C(C)(C)C)cc4)c4ccc(C(C)(C)C)cc4)ccc3B3c4c1cc(N(c1ccc(C(C)(C)C)cc1)c1ccc(C(C)(C)C)cc1)cc4-n1c4oc5ccccc5c4c4cc(C(C)(C)C)cc3c41)C(C)(C)CCC2(C)C. The highest BCUT2D eigenvalue weighted by molar-refractivity contribution is 7.00. The summed E-state index contributed by atoms with van der Waals surface area (Å²) < 4.78 is 9.86. The van der Waals surface area contributed by atoms with Crippen LogP contribution in [-0.2, 0) is 37.9 Å². The molecule has 6 heteroatoms. The number of hydrogen-bond acceptors (Lipinski definition) is 4. The lowest BCUT2D eigenvalue weighted by molar-refractivity contribution is 0.332. The molecule has 5 nitrogen and oxygen atoms in total. The van der Waals surface area contributed by atoms with Gasteiger partial charge in [-0.05, 0) is 210 Å². The lowest BCUT2D eigenvalue weighted by Crippen LogP contribution is -2.60. The minimum absolute atomic E-state index is 0.00178. The molecule has 14 rings (SSSR count). The molecule has 9 aromatic carbocycles. The average Bonchev–Trinajstić information content (AvgIpc) is 1.62. The maximum Gasteiger partial charge on any atom is 0.252 e. The highest BCUT2D eigenvalue weighted by Crippen LogP contribution is 2.53. The van der Waals surface area contributed by atoms with Crippen molar-refractivity contribution < 1.29 is 4.42 Å². The standard InChI is InChI=1S/C85H93BN4O/c1-52-45-66-67(85(19,20)44-43-84(66,17)18)51-70(52)89-71-48-62(87(58-33-25-53(26-34-58)79(2,3)4)59-35-27-54(28-36-59)80(5,6)7)41-42-68(71)86-69-47-57(83(14,15)16)46-65-75-64-23-21-22-24-74(64)91-78(75)90(77(65)69)73-50-63(49-72(89)76(73)86)88(60-37-29-55(30-38-60)81(8,9)10)61-39-31-56(32-40-61)82(11,12)13/h21-42,45-51H,43-44H2,1-20H3. The van der Waals surface area contributed by atoms with E-state index in [0.717, 1.165) is 80.4 Å². The number of rotatable bonds is 7. The molecule has 0 N–H and O–H groups in total. The van der Waals surface area contributed by atoms with Crippen molar-refractivity contribution in [3.05, 3.63) is 220 Å². The normalized spacial score (nSPS) is 15.3. The van der Waals surface area contributed by atoms with E-state index < -0.39 is 0 Å². The summed E-state index contributed by atoms with van der Waals surface area (Å²) in [6.45, 7) is 46.9. The monoisotopic (exact) mass is 1200 g/mol. The molecule has 0 fully saturated rings. The van der Waals surface area contributed by atoms with Gasteiger partial charge in [-0.25, -0.2) is 0 Å². The van der Waals surface area contributed by atoms with E-state index in [1.165, 1.54) is 83.2 Å². The molecule has 4 heterocycles. The van der Waals surface area contributed by atoms with Gasteiger partial charge >= 0.3 is 0 Å². The molecule has 462 valence electrons. The van der Waals surface area contributed by atoms with Crippen molar-refractivity contribution >= 4 is 107 Å². The molecule has 0 bridgehead atoms. The summed E-state index contributed by atoms with van der Waals surface area (Å²) in [5.74, 6) is 0. The second kappa shape index (κ2) is 20.4. The Balaban J connectivity index is 1.14. The Kier molecular flexibility index (Phi) is 13.5. The van der Waals surface area contributed by atoms with Gasteiger partial charge in [0.25, 0.3) is 6.71 Å². The second-order valence-electron chi connectivity index (χ2n) is 33.5. The Bertz CT molecular complexity index is 4590. The Morgan fingerprint density at radius 1 is 0.396 bits per heavy atom. The van der Waals surface area contributed by atoms with Gasteiger partial charge in [0.15, 0.2) is 0 Å². The van der Waals surface area contributed by atoms with Gasteiger partial charge in [0.05, 0.1) is 16.6 Å². The lowest BCUT2D eigenvalue weighted by Gasteiger charge is -2.45. The van der Waals surface area contributed by atoms with E-state index >= 15 is 0 Å². The van der Waals surface area contributed by atoms with Gasteiger partial charge in [0, 0.05) is 62.0 Å². The number of furan rings is 1. The van der Waals surface area contributed by atoms with Crippen molar-refractivity contribution in [2.45, 2.75) is 189 Å². The van der Waals surface area contributed by atoms with Crippen LogP contribution in [0.1, 0.15) is 189 Å². The van der Waals surface area contributed by atoms with Crippen LogP contribution in [0.25, 0.3) is 38.7 Å². The summed E-state index contributed by atoms with van der Waals surface area (Å²) in [5, 5.41) is 3.53. The average molecular weight is 1200 g/mol. The minimum atomic E-state index is -0.156. The van der Waals surface area contributed by atoms with Crippen LogP contribution >= 0.6 is 0 Å². The van der Waals surface area contributed by atoms with Gasteiger partial charge in [-0.1, -0.05) is 216 Å². The number of para-hydroxylation sites is 1. The van der Waals surface area contributed by atoms with Crippen LogP contribution in [0.5, 0.6) is 0 Å². The van der Waals surface area contributed by atoms with E-state index in [-0.39, 0.29) is 44.6 Å². The van der Waals surface area contributed by atoms with Crippen LogP contribution in [0, 0.1) is 6.92 Å². The second-order valence-corrected chi connectivity index (χ2v) is 33.5. The smallest absolute Gasteiger partial charge is 0.252 e. The molecule has 0 atom stereocenters. The minimum Gasteiger partial charge on any atom is -0.439 e. The fourth-order valence-corrected chi connectivity index (χ4v) is 15.2. The first-order valence-electron chi connectivity index (χ1n) is 33.5. The Morgan fingerprint density at radius 2 is 0.824 bits per heavy atom. The topological polar surface area (TPSA) is 27.8 Å². The number of benzene rings is 9. The van der Waals surface area contributed by atoms with Crippen molar-refractivity contribution in [3.8, 4) is 5.69 Å². The molecule has 11 aromatic rings. The predicted molar refractivity (Wildman–Crippen MR) is 393 cm³/mol. The fourth-order valence-electron chi connectivity index (χ4n) is 15.2. The molecule has 0 radical (unpaired) electrons. The summed E-state index contributed by atoms with van der Waals surface area (Å²) >= 11 is 0. The van der Waals surface area contributed by atoms with Gasteiger partial charge in [-0.2, -0.15) is 0 Å². The maximum absolute atomic E-state index is 7.33. The molecule has 3 aliphatic rings. The van der Waals surface area contributed by atoms with Gasteiger partial charge in [-0.3, -0.25) is 4.57 Å².